The molecule has 5 atom stereocenters. The summed E-state index contributed by atoms with van der Waals surface area (Å²) in [5, 5.41) is 9.76. The van der Waals surface area contributed by atoms with Gasteiger partial charge in [-0.05, 0) is 37.0 Å². The molecule has 0 radical (unpaired) electrons. The van der Waals surface area contributed by atoms with E-state index in [0.717, 1.165) is 18.4 Å². The predicted molar refractivity (Wildman–Crippen MR) is 44.4 cm³/mol. The van der Waals surface area contributed by atoms with Crippen LogP contribution in [-0.2, 0) is 4.74 Å². The largest absolute Gasteiger partial charge is 0.367 e. The highest BCUT2D eigenvalue weighted by Gasteiger charge is 2.62. The number of hydrogen-bond donors (Lipinski definition) is 1. The first-order valence-corrected chi connectivity index (χ1v) is 5.02. The van der Waals surface area contributed by atoms with E-state index in [9.17, 15) is 5.11 Å². The van der Waals surface area contributed by atoms with E-state index >= 15 is 0 Å². The minimum Gasteiger partial charge on any atom is -0.367 e. The molecule has 12 heavy (non-hydrogen) atoms. The summed E-state index contributed by atoms with van der Waals surface area (Å²) in [6, 6.07) is 0. The van der Waals surface area contributed by atoms with E-state index in [2.05, 4.69) is 6.92 Å². The molecule has 0 aromatic rings. The third-order valence-electron chi connectivity index (χ3n) is 4.69. The minimum absolute atomic E-state index is 0.114. The fourth-order valence-electron chi connectivity index (χ4n) is 3.83. The predicted octanol–water partition coefficient (Wildman–Crippen LogP) is 1.39. The van der Waals surface area contributed by atoms with Gasteiger partial charge in [0.2, 0.25) is 0 Å². The lowest BCUT2D eigenvalue weighted by Crippen LogP contribution is -2.38. The van der Waals surface area contributed by atoms with Gasteiger partial charge in [-0.25, -0.2) is 0 Å². The molecule has 5 unspecified atom stereocenters. The highest BCUT2D eigenvalue weighted by atomic mass is 16.6. The fourth-order valence-corrected chi connectivity index (χ4v) is 3.83. The average molecular weight is 168 g/mol. The number of fused-ring (bicyclic) bond motifs is 5. The number of aliphatic hydroxyl groups is 1. The zero-order valence-electron chi connectivity index (χ0n) is 7.49. The number of ether oxygens (including phenoxy) is 1. The normalized spacial score (nSPS) is 62.5. The lowest BCUT2D eigenvalue weighted by Gasteiger charge is -2.36. The molecule has 1 N–H and O–H groups in total. The van der Waals surface area contributed by atoms with Crippen LogP contribution in [0.5, 0.6) is 0 Å². The van der Waals surface area contributed by atoms with Gasteiger partial charge in [-0.3, -0.25) is 0 Å². The Hall–Kier alpha value is -0.0800. The first kappa shape index (κ1) is 7.34. The van der Waals surface area contributed by atoms with Crippen LogP contribution in [0.25, 0.3) is 0 Å². The fraction of sp³-hybridized carbons (Fsp3) is 1.00. The van der Waals surface area contributed by atoms with Gasteiger partial charge in [-0.1, -0.05) is 6.92 Å². The molecule has 0 aromatic carbocycles. The Morgan fingerprint density at radius 3 is 3.00 bits per heavy atom. The van der Waals surface area contributed by atoms with Gasteiger partial charge in [-0.2, -0.15) is 0 Å². The molecule has 1 aliphatic heterocycles. The molecule has 3 aliphatic rings. The maximum absolute atomic E-state index is 9.76. The Kier molecular flexibility index (Phi) is 1.25. The molecule has 1 saturated heterocycles. The van der Waals surface area contributed by atoms with E-state index in [1.54, 1.807) is 0 Å². The van der Waals surface area contributed by atoms with Crippen LogP contribution in [-0.4, -0.2) is 18.0 Å². The Balaban J connectivity index is 2.01. The van der Waals surface area contributed by atoms with Crippen molar-refractivity contribution in [3.8, 4) is 0 Å². The molecule has 1 heterocycles. The van der Waals surface area contributed by atoms with E-state index in [-0.39, 0.29) is 5.41 Å². The SMILES string of the molecule is CC12C3CCC(C3)C1COC2O. The molecule has 0 amide bonds. The summed E-state index contributed by atoms with van der Waals surface area (Å²) in [6.45, 7) is 3.03. The zero-order chi connectivity index (χ0) is 8.34. The molecule has 2 aliphatic carbocycles. The van der Waals surface area contributed by atoms with Crippen LogP contribution < -0.4 is 0 Å². The molecule has 2 nitrogen and oxygen atoms in total. The van der Waals surface area contributed by atoms with Crippen molar-refractivity contribution in [2.45, 2.75) is 32.5 Å². The highest BCUT2D eigenvalue weighted by molar-refractivity contribution is 5.07. The standard InChI is InChI=1S/C10H16O2/c1-10-7-3-2-6(4-7)8(10)5-12-9(10)11/h6-9,11H,2-5H2,1H3. The van der Waals surface area contributed by atoms with Crippen molar-refractivity contribution >= 4 is 0 Å². The van der Waals surface area contributed by atoms with Crippen LogP contribution in [0.4, 0.5) is 0 Å². The second-order valence-electron chi connectivity index (χ2n) is 4.93. The quantitative estimate of drug-likeness (QED) is 0.592. The molecule has 2 bridgehead atoms. The molecular weight excluding hydrogens is 152 g/mol. The van der Waals surface area contributed by atoms with E-state index in [0.29, 0.717) is 5.92 Å². The van der Waals surface area contributed by atoms with Crippen molar-refractivity contribution in [3.05, 3.63) is 0 Å². The second-order valence-corrected chi connectivity index (χ2v) is 4.93. The minimum atomic E-state index is -0.474. The zero-order valence-corrected chi connectivity index (χ0v) is 7.49. The van der Waals surface area contributed by atoms with Crippen molar-refractivity contribution < 1.29 is 9.84 Å². The van der Waals surface area contributed by atoms with E-state index in [1.165, 1.54) is 19.3 Å². The Morgan fingerprint density at radius 1 is 1.42 bits per heavy atom. The maximum Gasteiger partial charge on any atom is 0.160 e. The van der Waals surface area contributed by atoms with Crippen LogP contribution in [0.15, 0.2) is 0 Å². The Bertz CT molecular complexity index is 216. The van der Waals surface area contributed by atoms with Gasteiger partial charge in [0.05, 0.1) is 6.61 Å². The van der Waals surface area contributed by atoms with Crippen LogP contribution in [0.1, 0.15) is 26.2 Å². The van der Waals surface area contributed by atoms with Crippen molar-refractivity contribution in [1.82, 2.24) is 0 Å². The summed E-state index contributed by atoms with van der Waals surface area (Å²) in [6.07, 6.45) is 3.57. The second kappa shape index (κ2) is 2.05. The number of rotatable bonds is 0. The van der Waals surface area contributed by atoms with Gasteiger partial charge in [0.25, 0.3) is 0 Å². The lowest BCUT2D eigenvalue weighted by atomic mass is 9.69. The van der Waals surface area contributed by atoms with Crippen LogP contribution >= 0.6 is 0 Å². The Labute approximate surface area is 72.9 Å². The monoisotopic (exact) mass is 168 g/mol. The summed E-state index contributed by atoms with van der Waals surface area (Å²) in [5.41, 5.74) is 0.114. The molecule has 2 heteroatoms. The number of aliphatic hydroxyl groups excluding tert-OH is 1. The van der Waals surface area contributed by atoms with Gasteiger partial charge >= 0.3 is 0 Å². The molecular formula is C10H16O2. The van der Waals surface area contributed by atoms with Gasteiger partial charge in [0.1, 0.15) is 0 Å². The molecule has 2 saturated carbocycles. The first-order chi connectivity index (χ1) is 5.73. The van der Waals surface area contributed by atoms with Crippen molar-refractivity contribution in [2.24, 2.45) is 23.2 Å². The van der Waals surface area contributed by atoms with Crippen molar-refractivity contribution in [1.29, 1.82) is 0 Å². The molecule has 0 aromatic heterocycles. The summed E-state index contributed by atoms with van der Waals surface area (Å²) >= 11 is 0. The van der Waals surface area contributed by atoms with Gasteiger partial charge in [0.15, 0.2) is 6.29 Å². The molecule has 0 spiro atoms. The smallest absolute Gasteiger partial charge is 0.160 e. The molecule has 68 valence electrons. The molecule has 3 rings (SSSR count). The van der Waals surface area contributed by atoms with Gasteiger partial charge < -0.3 is 9.84 Å². The van der Waals surface area contributed by atoms with Gasteiger partial charge in [-0.15, -0.1) is 0 Å². The highest BCUT2D eigenvalue weighted by Crippen LogP contribution is 2.63. The van der Waals surface area contributed by atoms with Crippen LogP contribution in [0, 0.1) is 23.2 Å². The lowest BCUT2D eigenvalue weighted by molar-refractivity contribution is -0.129. The number of hydrogen-bond acceptors (Lipinski definition) is 2. The molecule has 3 fully saturated rings. The Morgan fingerprint density at radius 2 is 2.25 bits per heavy atom. The van der Waals surface area contributed by atoms with Crippen molar-refractivity contribution in [2.75, 3.05) is 6.61 Å². The summed E-state index contributed by atoms with van der Waals surface area (Å²) in [5.74, 6) is 2.26. The van der Waals surface area contributed by atoms with E-state index in [1.807, 2.05) is 0 Å². The third kappa shape index (κ3) is 0.612. The van der Waals surface area contributed by atoms with Crippen LogP contribution in [0.3, 0.4) is 0 Å². The average Bonchev–Trinajstić information content (AvgIpc) is 2.65. The van der Waals surface area contributed by atoms with Gasteiger partial charge in [0, 0.05) is 5.41 Å². The topological polar surface area (TPSA) is 29.5 Å². The van der Waals surface area contributed by atoms with Crippen molar-refractivity contribution in [3.63, 3.8) is 0 Å². The van der Waals surface area contributed by atoms with E-state index < -0.39 is 6.29 Å². The summed E-state index contributed by atoms with van der Waals surface area (Å²) in [4.78, 5) is 0. The summed E-state index contributed by atoms with van der Waals surface area (Å²) < 4.78 is 5.36. The summed E-state index contributed by atoms with van der Waals surface area (Å²) in [7, 11) is 0. The maximum atomic E-state index is 9.76. The van der Waals surface area contributed by atoms with E-state index in [4.69, 9.17) is 4.74 Å². The van der Waals surface area contributed by atoms with Crippen LogP contribution in [0.2, 0.25) is 0 Å². The first-order valence-electron chi connectivity index (χ1n) is 5.02. The third-order valence-corrected chi connectivity index (χ3v) is 4.69.